The SMILES string of the molecule is CCN(c1ccccc1)c1cc(C)nc(N2CCCc3ccccc32)n1. The molecule has 0 saturated heterocycles. The first-order valence-electron chi connectivity index (χ1n) is 9.30. The van der Waals surface area contributed by atoms with Crippen molar-refractivity contribution >= 4 is 23.1 Å². The number of hydrogen-bond acceptors (Lipinski definition) is 4. The van der Waals surface area contributed by atoms with E-state index < -0.39 is 0 Å². The zero-order chi connectivity index (χ0) is 17.9. The maximum Gasteiger partial charge on any atom is 0.232 e. The van der Waals surface area contributed by atoms with Crippen molar-refractivity contribution in [2.75, 3.05) is 22.9 Å². The van der Waals surface area contributed by atoms with Crippen molar-refractivity contribution in [2.45, 2.75) is 26.7 Å². The van der Waals surface area contributed by atoms with Crippen LogP contribution >= 0.6 is 0 Å². The molecule has 0 N–H and O–H groups in total. The first-order chi connectivity index (χ1) is 12.8. The number of rotatable bonds is 4. The molecule has 0 atom stereocenters. The lowest BCUT2D eigenvalue weighted by molar-refractivity contribution is 0.747. The third-order valence-corrected chi connectivity index (χ3v) is 4.84. The average molecular weight is 344 g/mol. The highest BCUT2D eigenvalue weighted by Gasteiger charge is 2.21. The molecule has 2 heterocycles. The maximum atomic E-state index is 4.94. The Kier molecular flexibility index (Phi) is 4.57. The largest absolute Gasteiger partial charge is 0.326 e. The van der Waals surface area contributed by atoms with Gasteiger partial charge in [-0.2, -0.15) is 4.98 Å². The highest BCUT2D eigenvalue weighted by Crippen LogP contribution is 2.33. The van der Waals surface area contributed by atoms with E-state index in [1.807, 2.05) is 13.0 Å². The minimum absolute atomic E-state index is 0.793. The number of para-hydroxylation sites is 2. The van der Waals surface area contributed by atoms with Crippen molar-refractivity contribution in [3.8, 4) is 0 Å². The van der Waals surface area contributed by atoms with Gasteiger partial charge in [-0.3, -0.25) is 0 Å². The Hall–Kier alpha value is -2.88. The summed E-state index contributed by atoms with van der Waals surface area (Å²) in [5.41, 5.74) is 4.75. The fourth-order valence-electron chi connectivity index (χ4n) is 3.62. The second kappa shape index (κ2) is 7.16. The molecule has 0 radical (unpaired) electrons. The zero-order valence-electron chi connectivity index (χ0n) is 15.4. The van der Waals surface area contributed by atoms with Gasteiger partial charge in [-0.25, -0.2) is 4.98 Å². The van der Waals surface area contributed by atoms with Crippen molar-refractivity contribution in [3.05, 3.63) is 71.9 Å². The number of nitrogens with zero attached hydrogens (tertiary/aromatic N) is 4. The van der Waals surface area contributed by atoms with Crippen LogP contribution in [0.1, 0.15) is 24.6 Å². The predicted octanol–water partition coefficient (Wildman–Crippen LogP) is 5.03. The topological polar surface area (TPSA) is 32.3 Å². The fraction of sp³-hybridized carbons (Fsp3) is 0.273. The number of aryl methyl sites for hydroxylation is 2. The molecule has 0 spiro atoms. The van der Waals surface area contributed by atoms with Gasteiger partial charge in [0.15, 0.2) is 0 Å². The van der Waals surface area contributed by atoms with Crippen LogP contribution in [0.5, 0.6) is 0 Å². The van der Waals surface area contributed by atoms with E-state index in [4.69, 9.17) is 9.97 Å². The third-order valence-electron chi connectivity index (χ3n) is 4.84. The van der Waals surface area contributed by atoms with Gasteiger partial charge in [-0.1, -0.05) is 36.4 Å². The van der Waals surface area contributed by atoms with Crippen LogP contribution in [0.15, 0.2) is 60.7 Å². The van der Waals surface area contributed by atoms with Gasteiger partial charge in [0.05, 0.1) is 0 Å². The molecule has 1 aromatic heterocycles. The molecule has 4 heteroatoms. The minimum atomic E-state index is 0.793. The third kappa shape index (κ3) is 3.15. The summed E-state index contributed by atoms with van der Waals surface area (Å²) in [4.78, 5) is 14.2. The Morgan fingerprint density at radius 1 is 1.00 bits per heavy atom. The molecule has 0 unspecified atom stereocenters. The molecule has 0 saturated carbocycles. The van der Waals surface area contributed by atoms with Gasteiger partial charge in [-0.15, -0.1) is 0 Å². The van der Waals surface area contributed by atoms with Crippen LogP contribution in [0.25, 0.3) is 0 Å². The average Bonchev–Trinajstić information content (AvgIpc) is 2.68. The first kappa shape index (κ1) is 16.6. The Balaban J connectivity index is 1.76. The summed E-state index contributed by atoms with van der Waals surface area (Å²) < 4.78 is 0. The van der Waals surface area contributed by atoms with Crippen LogP contribution in [0.3, 0.4) is 0 Å². The lowest BCUT2D eigenvalue weighted by Crippen LogP contribution is -2.27. The van der Waals surface area contributed by atoms with Crippen LogP contribution in [-0.2, 0) is 6.42 Å². The Morgan fingerprint density at radius 3 is 2.58 bits per heavy atom. The highest BCUT2D eigenvalue weighted by atomic mass is 15.3. The normalized spacial score (nSPS) is 13.4. The molecule has 4 rings (SSSR count). The molecule has 0 bridgehead atoms. The minimum Gasteiger partial charge on any atom is -0.326 e. The van der Waals surface area contributed by atoms with E-state index >= 15 is 0 Å². The number of aromatic nitrogens is 2. The molecule has 0 amide bonds. The Morgan fingerprint density at radius 2 is 1.77 bits per heavy atom. The lowest BCUT2D eigenvalue weighted by atomic mass is 10.0. The monoisotopic (exact) mass is 344 g/mol. The van der Waals surface area contributed by atoms with Crippen molar-refractivity contribution in [1.29, 1.82) is 0 Å². The van der Waals surface area contributed by atoms with Gasteiger partial charge in [0.2, 0.25) is 5.95 Å². The van der Waals surface area contributed by atoms with Gasteiger partial charge in [0.1, 0.15) is 5.82 Å². The molecule has 132 valence electrons. The summed E-state index contributed by atoms with van der Waals surface area (Å²) in [6.45, 7) is 6.01. The van der Waals surface area contributed by atoms with Crippen LogP contribution in [0, 0.1) is 6.92 Å². The number of fused-ring (bicyclic) bond motifs is 1. The standard InChI is InChI=1S/C22H24N4/c1-3-25(19-12-5-4-6-13-19)21-16-17(2)23-22(24-21)26-15-9-11-18-10-7-8-14-20(18)26/h4-8,10,12-14,16H,3,9,11,15H2,1-2H3. The molecule has 26 heavy (non-hydrogen) atoms. The second-order valence-electron chi connectivity index (χ2n) is 6.63. The molecule has 4 nitrogen and oxygen atoms in total. The van der Waals surface area contributed by atoms with Crippen molar-refractivity contribution in [2.24, 2.45) is 0 Å². The maximum absolute atomic E-state index is 4.94. The summed E-state index contributed by atoms with van der Waals surface area (Å²) in [5.74, 6) is 1.74. The molecule has 0 fully saturated rings. The van der Waals surface area contributed by atoms with Crippen molar-refractivity contribution in [3.63, 3.8) is 0 Å². The predicted molar refractivity (Wildman–Crippen MR) is 108 cm³/mol. The van der Waals surface area contributed by atoms with E-state index in [1.54, 1.807) is 0 Å². The Bertz CT molecular complexity index is 892. The highest BCUT2D eigenvalue weighted by molar-refractivity contribution is 5.66. The van der Waals surface area contributed by atoms with E-state index in [-0.39, 0.29) is 0 Å². The van der Waals surface area contributed by atoms with E-state index in [9.17, 15) is 0 Å². The summed E-state index contributed by atoms with van der Waals surface area (Å²) in [6, 6.07) is 21.1. The lowest BCUT2D eigenvalue weighted by Gasteiger charge is -2.31. The van der Waals surface area contributed by atoms with Gasteiger partial charge < -0.3 is 9.80 Å². The fourth-order valence-corrected chi connectivity index (χ4v) is 3.62. The van der Waals surface area contributed by atoms with Gasteiger partial charge in [0, 0.05) is 36.2 Å². The number of benzene rings is 2. The summed E-state index contributed by atoms with van der Waals surface area (Å²) in [7, 11) is 0. The Labute approximate surface area is 155 Å². The zero-order valence-corrected chi connectivity index (χ0v) is 15.4. The molecular weight excluding hydrogens is 320 g/mol. The summed E-state index contributed by atoms with van der Waals surface area (Å²) >= 11 is 0. The van der Waals surface area contributed by atoms with E-state index in [2.05, 4.69) is 71.3 Å². The number of hydrogen-bond donors (Lipinski definition) is 0. The van der Waals surface area contributed by atoms with Crippen LogP contribution in [0.2, 0.25) is 0 Å². The summed E-state index contributed by atoms with van der Waals surface area (Å²) in [5, 5.41) is 0. The van der Waals surface area contributed by atoms with Crippen LogP contribution in [-0.4, -0.2) is 23.1 Å². The smallest absolute Gasteiger partial charge is 0.232 e. The molecule has 2 aromatic carbocycles. The van der Waals surface area contributed by atoms with Gasteiger partial charge in [-0.05, 0) is 50.5 Å². The second-order valence-corrected chi connectivity index (χ2v) is 6.63. The molecular formula is C22H24N4. The summed E-state index contributed by atoms with van der Waals surface area (Å²) in [6.07, 6.45) is 2.25. The van der Waals surface area contributed by atoms with Crippen molar-refractivity contribution in [1.82, 2.24) is 9.97 Å². The quantitative estimate of drug-likeness (QED) is 0.665. The van der Waals surface area contributed by atoms with E-state index in [1.165, 1.54) is 11.3 Å². The molecule has 3 aromatic rings. The van der Waals surface area contributed by atoms with Gasteiger partial charge >= 0.3 is 0 Å². The molecule has 1 aliphatic rings. The first-order valence-corrected chi connectivity index (χ1v) is 9.30. The van der Waals surface area contributed by atoms with E-state index in [0.29, 0.717) is 0 Å². The van der Waals surface area contributed by atoms with Crippen LogP contribution < -0.4 is 9.80 Å². The van der Waals surface area contributed by atoms with E-state index in [0.717, 1.165) is 49.1 Å². The number of anilines is 4. The van der Waals surface area contributed by atoms with Gasteiger partial charge in [0.25, 0.3) is 0 Å². The molecule has 1 aliphatic heterocycles. The van der Waals surface area contributed by atoms with Crippen molar-refractivity contribution < 1.29 is 0 Å². The van der Waals surface area contributed by atoms with Crippen LogP contribution in [0.4, 0.5) is 23.1 Å². The molecule has 0 aliphatic carbocycles.